The molecule has 2 aromatic heterocycles. The second-order valence-electron chi connectivity index (χ2n) is 9.43. The number of rotatable bonds is 3. The zero-order chi connectivity index (χ0) is 19.4. The van der Waals surface area contributed by atoms with E-state index in [1.54, 1.807) is 0 Å². The quantitative estimate of drug-likeness (QED) is 0.351. The molecule has 4 heteroatoms. The SMILES string of the molecule is [CH3][Ge]([CH3])([CH3])[c]1ccc(-c2cccc3c2oc2c[c]([Ge]([CH3])([CH3])[CH3])ccc23)nc1. The Morgan fingerprint density at radius 2 is 1.44 bits per heavy atom. The van der Waals surface area contributed by atoms with Crippen LogP contribution in [0.4, 0.5) is 0 Å². The number of fused-ring (bicyclic) bond motifs is 3. The molecule has 0 saturated carbocycles. The van der Waals surface area contributed by atoms with Crippen molar-refractivity contribution in [2.24, 2.45) is 0 Å². The van der Waals surface area contributed by atoms with Crippen molar-refractivity contribution in [3.05, 3.63) is 54.7 Å². The number of furan rings is 1. The van der Waals surface area contributed by atoms with Gasteiger partial charge in [-0.2, -0.15) is 0 Å². The monoisotopic (exact) mass is 481 g/mol. The van der Waals surface area contributed by atoms with E-state index in [2.05, 4.69) is 89.3 Å². The zero-order valence-electron chi connectivity index (χ0n) is 17.1. The molecule has 2 heterocycles. The van der Waals surface area contributed by atoms with Crippen LogP contribution >= 0.6 is 0 Å². The zero-order valence-corrected chi connectivity index (χ0v) is 21.2. The van der Waals surface area contributed by atoms with Crippen molar-refractivity contribution in [3.8, 4) is 11.3 Å². The summed E-state index contributed by atoms with van der Waals surface area (Å²) in [7, 11) is 0. The van der Waals surface area contributed by atoms with Gasteiger partial charge >= 0.3 is 167 Å². The number of aromatic nitrogens is 1. The van der Waals surface area contributed by atoms with E-state index in [1.807, 2.05) is 0 Å². The number of pyridine rings is 1. The molecule has 0 spiro atoms. The summed E-state index contributed by atoms with van der Waals surface area (Å²) in [4.78, 5) is 4.79. The summed E-state index contributed by atoms with van der Waals surface area (Å²) in [5, 5.41) is 2.37. The van der Waals surface area contributed by atoms with Crippen LogP contribution in [0.2, 0.25) is 34.5 Å². The van der Waals surface area contributed by atoms with Gasteiger partial charge in [0.05, 0.1) is 0 Å². The Labute approximate surface area is 166 Å². The Morgan fingerprint density at radius 3 is 2.07 bits per heavy atom. The van der Waals surface area contributed by atoms with Crippen LogP contribution in [0.5, 0.6) is 0 Å². The van der Waals surface area contributed by atoms with Crippen molar-refractivity contribution in [1.29, 1.82) is 0 Å². The topological polar surface area (TPSA) is 26.0 Å². The molecule has 0 atom stereocenters. The first kappa shape index (κ1) is 18.8. The molecule has 4 aromatic rings. The summed E-state index contributed by atoms with van der Waals surface area (Å²) >= 11 is -3.73. The van der Waals surface area contributed by atoms with E-state index in [1.165, 1.54) is 19.6 Å². The molecule has 2 nitrogen and oxygen atoms in total. The Balaban J connectivity index is 1.89. The van der Waals surface area contributed by atoms with E-state index in [0.29, 0.717) is 0 Å². The van der Waals surface area contributed by atoms with Crippen LogP contribution in [-0.2, 0) is 0 Å². The van der Waals surface area contributed by atoms with Crippen molar-refractivity contribution >= 4 is 57.3 Å². The predicted octanol–water partition coefficient (Wildman–Crippen LogP) is 5.74. The molecule has 138 valence electrons. The Kier molecular flexibility index (Phi) is 4.55. The van der Waals surface area contributed by atoms with E-state index < -0.39 is 26.5 Å². The molecular weight excluding hydrogens is 451 g/mol. The van der Waals surface area contributed by atoms with Gasteiger partial charge in [0.15, 0.2) is 0 Å². The summed E-state index contributed by atoms with van der Waals surface area (Å²) < 4.78 is 9.28. The van der Waals surface area contributed by atoms with Gasteiger partial charge in [0.1, 0.15) is 0 Å². The molecule has 0 aliphatic carbocycles. The van der Waals surface area contributed by atoms with Gasteiger partial charge < -0.3 is 0 Å². The normalized spacial score (nSPS) is 12.8. The fourth-order valence-corrected chi connectivity index (χ4v) is 8.04. The summed E-state index contributed by atoms with van der Waals surface area (Å²) in [6.45, 7) is 0. The van der Waals surface area contributed by atoms with Crippen LogP contribution in [0, 0.1) is 0 Å². The second kappa shape index (κ2) is 6.52. The average Bonchev–Trinajstić information content (AvgIpc) is 2.98. The van der Waals surface area contributed by atoms with Crippen molar-refractivity contribution < 1.29 is 4.42 Å². The fraction of sp³-hybridized carbons (Fsp3) is 0.261. The molecule has 4 rings (SSSR count). The Bertz CT molecular complexity index is 1130. The van der Waals surface area contributed by atoms with Crippen LogP contribution in [0.15, 0.2) is 59.1 Å². The van der Waals surface area contributed by atoms with Gasteiger partial charge in [0.25, 0.3) is 0 Å². The van der Waals surface area contributed by atoms with Gasteiger partial charge in [-0.3, -0.25) is 0 Å². The van der Waals surface area contributed by atoms with Gasteiger partial charge in [-0.1, -0.05) is 0 Å². The number of hydrogen-bond donors (Lipinski definition) is 0. The van der Waals surface area contributed by atoms with Crippen LogP contribution in [0.25, 0.3) is 33.2 Å². The van der Waals surface area contributed by atoms with Gasteiger partial charge in [0.2, 0.25) is 0 Å². The summed E-state index contributed by atoms with van der Waals surface area (Å²) in [6, 6.07) is 17.6. The van der Waals surface area contributed by atoms with Gasteiger partial charge in [-0.05, 0) is 0 Å². The maximum atomic E-state index is 6.37. The van der Waals surface area contributed by atoms with E-state index in [-0.39, 0.29) is 0 Å². The molecule has 0 unspecified atom stereocenters. The third-order valence-corrected chi connectivity index (χ3v) is 13.8. The Morgan fingerprint density at radius 1 is 0.741 bits per heavy atom. The summed E-state index contributed by atoms with van der Waals surface area (Å²) in [6.07, 6.45) is 2.07. The first-order valence-electron chi connectivity index (χ1n) is 9.57. The van der Waals surface area contributed by atoms with E-state index >= 15 is 0 Å². The van der Waals surface area contributed by atoms with Gasteiger partial charge in [0, 0.05) is 0 Å². The molecule has 0 bridgehead atoms. The predicted molar refractivity (Wildman–Crippen MR) is 123 cm³/mol. The Hall–Kier alpha value is -1.52. The second-order valence-corrected chi connectivity index (χ2v) is 30.7. The summed E-state index contributed by atoms with van der Waals surface area (Å²) in [5.41, 5.74) is 4.01. The van der Waals surface area contributed by atoms with Crippen molar-refractivity contribution in [3.63, 3.8) is 0 Å². The van der Waals surface area contributed by atoms with Gasteiger partial charge in [-0.25, -0.2) is 0 Å². The number of hydrogen-bond acceptors (Lipinski definition) is 2. The van der Waals surface area contributed by atoms with Crippen LogP contribution in [-0.4, -0.2) is 31.5 Å². The molecule has 0 aliphatic rings. The standard InChI is InChI=1S/C23H27Ge2NO/c1-24(2,3)16-10-12-18-19-8-7-9-20(23(19)27-22(18)14-16)21-13-11-17(15-26-21)25(4,5)6/h7-15H,1-6H3. The van der Waals surface area contributed by atoms with E-state index in [9.17, 15) is 0 Å². The minimum atomic E-state index is -1.88. The minimum absolute atomic E-state index is 0.948. The fourth-order valence-electron chi connectivity index (χ4n) is 3.46. The van der Waals surface area contributed by atoms with Crippen LogP contribution < -0.4 is 8.79 Å². The third-order valence-electron chi connectivity index (χ3n) is 5.27. The van der Waals surface area contributed by atoms with Crippen molar-refractivity contribution in [2.45, 2.75) is 34.5 Å². The van der Waals surface area contributed by atoms with Crippen molar-refractivity contribution in [1.82, 2.24) is 4.98 Å². The maximum absolute atomic E-state index is 6.37. The number of benzene rings is 2. The molecule has 0 N–H and O–H groups in total. The first-order chi connectivity index (χ1) is 12.6. The van der Waals surface area contributed by atoms with Gasteiger partial charge in [-0.15, -0.1) is 0 Å². The number of nitrogens with zero attached hydrogens (tertiary/aromatic N) is 1. The van der Waals surface area contributed by atoms with Crippen molar-refractivity contribution in [2.75, 3.05) is 0 Å². The molecular formula is C23H27Ge2NO. The number of para-hydroxylation sites is 1. The summed E-state index contributed by atoms with van der Waals surface area (Å²) in [5.74, 6) is 14.4. The first-order valence-corrected chi connectivity index (χ1v) is 24.3. The van der Waals surface area contributed by atoms with E-state index in [0.717, 1.165) is 22.4 Å². The molecule has 0 radical (unpaired) electrons. The third kappa shape index (κ3) is 3.50. The van der Waals surface area contributed by atoms with E-state index in [4.69, 9.17) is 9.40 Å². The molecule has 0 saturated heterocycles. The van der Waals surface area contributed by atoms with Crippen LogP contribution in [0.3, 0.4) is 0 Å². The van der Waals surface area contributed by atoms with Crippen LogP contribution in [0.1, 0.15) is 0 Å². The molecule has 0 amide bonds. The molecule has 27 heavy (non-hydrogen) atoms. The average molecular weight is 479 g/mol. The molecule has 2 aromatic carbocycles. The molecule has 0 aliphatic heterocycles. The molecule has 0 fully saturated rings.